The fourth-order valence-corrected chi connectivity index (χ4v) is 6.64. The minimum absolute atomic E-state index is 0.0425. The van der Waals surface area contributed by atoms with Crippen LogP contribution in [0.3, 0.4) is 0 Å². The fourth-order valence-electron chi connectivity index (χ4n) is 6.64. The number of rotatable bonds is 6. The quantitative estimate of drug-likeness (QED) is 0.491. The summed E-state index contributed by atoms with van der Waals surface area (Å²) in [4.78, 5) is 23.0. The Labute approximate surface area is 223 Å². The molecule has 0 bridgehead atoms. The summed E-state index contributed by atoms with van der Waals surface area (Å²) in [6.07, 6.45) is 3.53. The van der Waals surface area contributed by atoms with Crippen molar-refractivity contribution in [2.45, 2.75) is 62.9 Å². The van der Waals surface area contributed by atoms with Crippen LogP contribution in [0, 0.1) is 0 Å². The Morgan fingerprint density at radius 2 is 1.74 bits per heavy atom. The largest absolute Gasteiger partial charge is 0.497 e. The molecular weight excluding hydrogens is 476 g/mol. The molecule has 3 aromatic carbocycles. The molecule has 3 aromatic rings. The number of nitrogens with two attached hydrogens (primary N) is 1. The smallest absolute Gasteiger partial charge is 0.415 e. The highest BCUT2D eigenvalue weighted by molar-refractivity contribution is 5.95. The summed E-state index contributed by atoms with van der Waals surface area (Å²) in [6, 6.07) is 26.2. The molecule has 3 aliphatic rings. The van der Waals surface area contributed by atoms with Crippen molar-refractivity contribution in [3.8, 4) is 5.75 Å². The van der Waals surface area contributed by atoms with Gasteiger partial charge in [0.25, 0.3) is 0 Å². The Balaban J connectivity index is 1.33. The van der Waals surface area contributed by atoms with Crippen LogP contribution in [0.2, 0.25) is 0 Å². The van der Waals surface area contributed by atoms with E-state index >= 15 is 0 Å². The number of carbonyl (C=O) groups excluding carboxylic acids is 1. The molecule has 0 aromatic heterocycles. The van der Waals surface area contributed by atoms with Gasteiger partial charge in [-0.15, -0.1) is 0 Å². The van der Waals surface area contributed by atoms with Crippen molar-refractivity contribution < 1.29 is 14.3 Å². The molecular formula is C31H34N4O3. The predicted octanol–water partition coefficient (Wildman–Crippen LogP) is 5.23. The van der Waals surface area contributed by atoms with E-state index in [1.165, 1.54) is 5.56 Å². The van der Waals surface area contributed by atoms with E-state index in [1.54, 1.807) is 7.11 Å². The number of benzene rings is 3. The van der Waals surface area contributed by atoms with Crippen molar-refractivity contribution in [2.75, 3.05) is 12.0 Å². The zero-order chi connectivity index (χ0) is 26.3. The summed E-state index contributed by atoms with van der Waals surface area (Å²) >= 11 is 0. The molecule has 4 atom stereocenters. The lowest BCUT2D eigenvalue weighted by atomic mass is 9.82. The summed E-state index contributed by atoms with van der Waals surface area (Å²) in [5.74, 6) is 1.25. The molecule has 0 radical (unpaired) electrons. The minimum atomic E-state index is -0.674. The van der Waals surface area contributed by atoms with Crippen LogP contribution in [0.15, 0.2) is 83.9 Å². The fraction of sp³-hybridized carbons (Fsp3) is 0.355. The van der Waals surface area contributed by atoms with Crippen molar-refractivity contribution in [3.63, 3.8) is 0 Å². The number of hydrogen-bond acceptors (Lipinski definition) is 6. The second-order valence-electron chi connectivity index (χ2n) is 10.6. The molecule has 2 N–H and O–H groups in total. The Kier molecular flexibility index (Phi) is 6.22. The number of nitrogens with zero attached hydrogens (tertiary/aromatic N) is 3. The van der Waals surface area contributed by atoms with Crippen molar-refractivity contribution in [3.05, 3.63) is 95.6 Å². The van der Waals surface area contributed by atoms with Gasteiger partial charge in [-0.2, -0.15) is 0 Å². The molecule has 7 nitrogen and oxygen atoms in total. The van der Waals surface area contributed by atoms with E-state index in [0.717, 1.165) is 42.5 Å². The highest BCUT2D eigenvalue weighted by atomic mass is 16.6. The summed E-state index contributed by atoms with van der Waals surface area (Å²) in [5.41, 5.74) is 10.0. The SMILES string of the molecule is COc1ccc2c(c1)N(C(=O)OCc1ccccc1)[C@@H]1[C@@H]3CC[C@@H](CCc4ccccc4)N3C(N)=N[C@]21C. The number of methoxy groups -OCH3 is 1. The van der Waals surface area contributed by atoms with Crippen LogP contribution in [-0.2, 0) is 23.3 Å². The first kappa shape index (κ1) is 24.3. The first-order valence-corrected chi connectivity index (χ1v) is 13.4. The molecule has 1 fully saturated rings. The molecule has 196 valence electrons. The van der Waals surface area contributed by atoms with Crippen LogP contribution < -0.4 is 15.4 Å². The van der Waals surface area contributed by atoms with Gasteiger partial charge in [0.2, 0.25) is 0 Å². The van der Waals surface area contributed by atoms with Gasteiger partial charge in [-0.05, 0) is 49.8 Å². The van der Waals surface area contributed by atoms with Crippen LogP contribution in [0.4, 0.5) is 10.5 Å². The molecule has 6 rings (SSSR count). The molecule has 7 heteroatoms. The minimum Gasteiger partial charge on any atom is -0.497 e. The molecule has 38 heavy (non-hydrogen) atoms. The van der Waals surface area contributed by atoms with Crippen LogP contribution in [0.25, 0.3) is 0 Å². The van der Waals surface area contributed by atoms with E-state index < -0.39 is 5.54 Å². The number of amides is 1. The van der Waals surface area contributed by atoms with Gasteiger partial charge in [0, 0.05) is 17.7 Å². The van der Waals surface area contributed by atoms with Gasteiger partial charge < -0.3 is 20.1 Å². The van der Waals surface area contributed by atoms with Gasteiger partial charge >= 0.3 is 6.09 Å². The highest BCUT2D eigenvalue weighted by Crippen LogP contribution is 2.53. The zero-order valence-corrected chi connectivity index (χ0v) is 21.9. The van der Waals surface area contributed by atoms with Crippen LogP contribution in [0.1, 0.15) is 42.9 Å². The van der Waals surface area contributed by atoms with Crippen molar-refractivity contribution in [2.24, 2.45) is 10.7 Å². The molecule has 3 heterocycles. The molecule has 3 aliphatic heterocycles. The van der Waals surface area contributed by atoms with Crippen molar-refractivity contribution in [1.82, 2.24) is 4.90 Å². The number of anilines is 1. The van der Waals surface area contributed by atoms with Gasteiger partial charge in [-0.1, -0.05) is 66.7 Å². The van der Waals surface area contributed by atoms with Crippen molar-refractivity contribution >= 4 is 17.7 Å². The number of carbonyl (C=O) groups is 1. The van der Waals surface area contributed by atoms with E-state index in [-0.39, 0.29) is 30.8 Å². The van der Waals surface area contributed by atoms with Gasteiger partial charge in [0.05, 0.1) is 24.9 Å². The summed E-state index contributed by atoms with van der Waals surface area (Å²) in [7, 11) is 1.63. The molecule has 0 spiro atoms. The van der Waals surface area contributed by atoms with Crippen LogP contribution >= 0.6 is 0 Å². The maximum atomic E-state index is 13.8. The topological polar surface area (TPSA) is 80.4 Å². The van der Waals surface area contributed by atoms with E-state index in [2.05, 4.69) is 36.1 Å². The standard InChI is InChI=1S/C31H34N4O3/c1-31-25-17-16-24(37-2)19-27(25)35(30(36)38-20-22-11-7-4-8-12-22)28(31)26-18-15-23(34(26)29(32)33-31)14-13-21-9-5-3-6-10-21/h3-12,16-17,19,23,26,28H,13-15,18,20H2,1-2H3,(H2,32,33)/t23-,26+,28-,31-/m1/s1. The van der Waals surface area contributed by atoms with E-state index in [1.807, 2.05) is 59.5 Å². The van der Waals surface area contributed by atoms with Crippen LogP contribution in [-0.4, -0.2) is 42.2 Å². The van der Waals surface area contributed by atoms with Crippen molar-refractivity contribution in [1.29, 1.82) is 0 Å². The second-order valence-corrected chi connectivity index (χ2v) is 10.6. The third-order valence-electron chi connectivity index (χ3n) is 8.40. The van der Waals surface area contributed by atoms with E-state index in [0.29, 0.717) is 11.7 Å². The Hall–Kier alpha value is -4.00. The first-order valence-electron chi connectivity index (χ1n) is 13.4. The zero-order valence-electron chi connectivity index (χ0n) is 21.9. The normalized spacial score (nSPS) is 25.3. The van der Waals surface area contributed by atoms with Gasteiger partial charge in [-0.25, -0.2) is 9.79 Å². The summed E-state index contributed by atoms with van der Waals surface area (Å²) in [5, 5.41) is 0. The molecule has 1 saturated heterocycles. The number of aliphatic imine (C=N–C) groups is 1. The van der Waals surface area contributed by atoms with Crippen LogP contribution in [0.5, 0.6) is 5.75 Å². The first-order chi connectivity index (χ1) is 18.5. The lowest BCUT2D eigenvalue weighted by molar-refractivity contribution is 0.131. The second kappa shape index (κ2) is 9.71. The lowest BCUT2D eigenvalue weighted by Gasteiger charge is -2.46. The van der Waals surface area contributed by atoms with Gasteiger partial charge in [0.15, 0.2) is 5.96 Å². The number of ether oxygens (including phenoxy) is 2. The third-order valence-corrected chi connectivity index (χ3v) is 8.40. The Morgan fingerprint density at radius 1 is 1.03 bits per heavy atom. The third kappa shape index (κ3) is 4.06. The monoisotopic (exact) mass is 510 g/mol. The maximum absolute atomic E-state index is 13.8. The Morgan fingerprint density at radius 3 is 2.45 bits per heavy atom. The van der Waals surface area contributed by atoms with Gasteiger partial charge in [0.1, 0.15) is 17.9 Å². The average molecular weight is 511 g/mol. The van der Waals surface area contributed by atoms with E-state index in [4.69, 9.17) is 20.2 Å². The number of guanidine groups is 1. The molecule has 0 unspecified atom stereocenters. The number of hydrogen-bond donors (Lipinski definition) is 1. The maximum Gasteiger partial charge on any atom is 0.415 e. The Bertz CT molecular complexity index is 1350. The molecule has 0 aliphatic carbocycles. The average Bonchev–Trinajstić information content (AvgIpc) is 3.48. The van der Waals surface area contributed by atoms with Gasteiger partial charge in [-0.3, -0.25) is 4.90 Å². The number of fused-ring (bicyclic) bond motifs is 5. The lowest BCUT2D eigenvalue weighted by Crippen LogP contribution is -2.63. The summed E-state index contributed by atoms with van der Waals surface area (Å²) < 4.78 is 11.4. The summed E-state index contributed by atoms with van der Waals surface area (Å²) in [6.45, 7) is 2.30. The molecule has 0 saturated carbocycles. The number of aryl methyl sites for hydroxylation is 1. The van der Waals surface area contributed by atoms with E-state index in [9.17, 15) is 4.79 Å². The molecule has 1 amide bonds. The highest BCUT2D eigenvalue weighted by Gasteiger charge is 2.60. The predicted molar refractivity (Wildman–Crippen MR) is 148 cm³/mol.